The lowest BCUT2D eigenvalue weighted by Crippen LogP contribution is -2.21. The topological polar surface area (TPSA) is 108 Å². The molecule has 4 rings (SSSR count). The first-order valence-electron chi connectivity index (χ1n) is 8.91. The summed E-state index contributed by atoms with van der Waals surface area (Å²) in [4.78, 5) is 34.1. The Bertz CT molecular complexity index is 1120. The van der Waals surface area contributed by atoms with E-state index in [2.05, 4.69) is 20.2 Å². The van der Waals surface area contributed by atoms with Crippen LogP contribution < -0.4 is 0 Å². The molecule has 0 fully saturated rings. The van der Waals surface area contributed by atoms with Gasteiger partial charge in [-0.2, -0.15) is 10.1 Å². The summed E-state index contributed by atoms with van der Waals surface area (Å²) in [6.07, 6.45) is 12.4. The number of azo groups is 1. The third kappa shape index (κ3) is 4.26. The molecule has 0 saturated carbocycles. The number of aliphatic imine (C=N–C) groups is 1. The van der Waals surface area contributed by atoms with Crippen LogP contribution in [0.1, 0.15) is 21.8 Å². The quantitative estimate of drug-likeness (QED) is 0.731. The van der Waals surface area contributed by atoms with E-state index < -0.39 is 5.91 Å². The standard InChI is InChI=1S/C21H15N5O3S/c27-17-4-2-1-3-16(17)20(28)25-23-13-18-19(24-21(29)30-18)26-11-7-15(8-12-26)14-5-9-22-10-6-14/h1-13,15,27H/b18-13-,25-23?. The number of hydrogen-bond acceptors (Lipinski definition) is 7. The van der Waals surface area contributed by atoms with E-state index in [1.54, 1.807) is 29.4 Å². The van der Waals surface area contributed by atoms with E-state index in [4.69, 9.17) is 0 Å². The summed E-state index contributed by atoms with van der Waals surface area (Å²) in [5.41, 5.74) is 1.15. The lowest BCUT2D eigenvalue weighted by molar-refractivity contribution is 0.0992. The van der Waals surface area contributed by atoms with Crippen molar-refractivity contribution in [2.75, 3.05) is 0 Å². The van der Waals surface area contributed by atoms with E-state index in [1.165, 1.54) is 18.3 Å². The molecule has 30 heavy (non-hydrogen) atoms. The van der Waals surface area contributed by atoms with Crippen LogP contribution in [0.15, 0.2) is 99.7 Å². The van der Waals surface area contributed by atoms with Gasteiger partial charge >= 0.3 is 5.24 Å². The molecule has 2 aromatic rings. The molecule has 0 unspecified atom stereocenters. The summed E-state index contributed by atoms with van der Waals surface area (Å²) >= 11 is 0.901. The molecular weight excluding hydrogens is 402 g/mol. The molecule has 2 aliphatic rings. The van der Waals surface area contributed by atoms with Gasteiger partial charge in [-0.1, -0.05) is 24.3 Å². The minimum Gasteiger partial charge on any atom is -0.507 e. The van der Waals surface area contributed by atoms with Crippen LogP contribution in [0.4, 0.5) is 4.79 Å². The number of benzene rings is 1. The largest absolute Gasteiger partial charge is 0.507 e. The first-order valence-corrected chi connectivity index (χ1v) is 9.72. The van der Waals surface area contributed by atoms with Gasteiger partial charge in [-0.25, -0.2) is 0 Å². The first kappa shape index (κ1) is 19.5. The molecule has 0 spiro atoms. The SMILES string of the molecule is O=C1N=C(N2C=CC(c3ccncc3)C=C2)/C(=C/N=NC(=O)c2ccccc2O)S1. The van der Waals surface area contributed by atoms with Crippen molar-refractivity contribution in [2.45, 2.75) is 5.92 Å². The number of allylic oxidation sites excluding steroid dienone is 2. The van der Waals surface area contributed by atoms with Crippen LogP contribution in [-0.4, -0.2) is 32.0 Å². The van der Waals surface area contributed by atoms with Crippen molar-refractivity contribution < 1.29 is 14.7 Å². The fraction of sp³-hybridized carbons (Fsp3) is 0.0476. The van der Waals surface area contributed by atoms with E-state index in [0.717, 1.165) is 17.3 Å². The first-order chi connectivity index (χ1) is 14.6. The van der Waals surface area contributed by atoms with Gasteiger partial charge in [0.25, 0.3) is 5.91 Å². The fourth-order valence-electron chi connectivity index (χ4n) is 2.85. The predicted molar refractivity (Wildman–Crippen MR) is 113 cm³/mol. The summed E-state index contributed by atoms with van der Waals surface area (Å²) in [6.45, 7) is 0. The number of pyridine rings is 1. The van der Waals surface area contributed by atoms with E-state index in [-0.39, 0.29) is 22.5 Å². The van der Waals surface area contributed by atoms with Crippen LogP contribution in [0.5, 0.6) is 5.75 Å². The van der Waals surface area contributed by atoms with Crippen molar-refractivity contribution in [1.82, 2.24) is 9.88 Å². The lowest BCUT2D eigenvalue weighted by Gasteiger charge is -2.21. The average molecular weight is 417 g/mol. The molecule has 3 heterocycles. The molecule has 1 aromatic heterocycles. The molecule has 8 nitrogen and oxygen atoms in total. The smallest absolute Gasteiger partial charge is 0.311 e. The molecule has 148 valence electrons. The Labute approximate surface area is 176 Å². The number of amidine groups is 1. The number of amides is 2. The molecule has 1 N–H and O–H groups in total. The highest BCUT2D eigenvalue weighted by molar-refractivity contribution is 8.18. The van der Waals surface area contributed by atoms with Gasteiger partial charge in [-0.3, -0.25) is 14.6 Å². The number of aromatic nitrogens is 1. The van der Waals surface area contributed by atoms with E-state index in [1.807, 2.05) is 36.7 Å². The van der Waals surface area contributed by atoms with E-state index in [0.29, 0.717) is 10.7 Å². The zero-order valence-corrected chi connectivity index (χ0v) is 16.3. The van der Waals surface area contributed by atoms with Crippen molar-refractivity contribution in [1.29, 1.82) is 0 Å². The maximum absolute atomic E-state index is 12.1. The normalized spacial score (nSPS) is 17.9. The van der Waals surface area contributed by atoms with Crippen LogP contribution in [0.3, 0.4) is 0 Å². The minimum absolute atomic E-state index is 0.0488. The Balaban J connectivity index is 1.48. The van der Waals surface area contributed by atoms with Crippen LogP contribution in [-0.2, 0) is 0 Å². The highest BCUT2D eigenvalue weighted by Crippen LogP contribution is 2.31. The molecule has 9 heteroatoms. The Kier molecular flexibility index (Phi) is 5.62. The van der Waals surface area contributed by atoms with Gasteiger partial charge in [0.05, 0.1) is 16.7 Å². The average Bonchev–Trinajstić information content (AvgIpc) is 3.15. The minimum atomic E-state index is -0.685. The molecule has 0 aliphatic carbocycles. The van der Waals surface area contributed by atoms with Gasteiger partial charge < -0.3 is 10.0 Å². The molecular formula is C21H15N5O3S. The van der Waals surface area contributed by atoms with Crippen molar-refractivity contribution in [3.05, 3.63) is 95.6 Å². The van der Waals surface area contributed by atoms with Crippen molar-refractivity contribution in [3.8, 4) is 5.75 Å². The fourth-order valence-corrected chi connectivity index (χ4v) is 3.51. The third-order valence-corrected chi connectivity index (χ3v) is 5.09. The molecule has 0 atom stereocenters. The molecule has 2 amide bonds. The van der Waals surface area contributed by atoms with Crippen molar-refractivity contribution >= 4 is 28.7 Å². The maximum atomic E-state index is 12.1. The Morgan fingerprint density at radius 3 is 2.60 bits per heavy atom. The number of carbonyl (C=O) groups excluding carboxylic acids is 2. The number of thioether (sulfide) groups is 1. The Morgan fingerprint density at radius 1 is 1.13 bits per heavy atom. The maximum Gasteiger partial charge on any atom is 0.311 e. The van der Waals surface area contributed by atoms with Crippen LogP contribution in [0, 0.1) is 0 Å². The van der Waals surface area contributed by atoms with Crippen molar-refractivity contribution in [3.63, 3.8) is 0 Å². The molecule has 0 bridgehead atoms. The summed E-state index contributed by atoms with van der Waals surface area (Å²) in [5, 5.41) is 16.7. The highest BCUT2D eigenvalue weighted by Gasteiger charge is 2.26. The second kappa shape index (κ2) is 8.66. The van der Waals surface area contributed by atoms with Crippen LogP contribution >= 0.6 is 11.8 Å². The van der Waals surface area contributed by atoms with E-state index in [9.17, 15) is 14.7 Å². The van der Waals surface area contributed by atoms with Gasteiger partial charge in [-0.05, 0) is 41.6 Å². The second-order valence-corrected chi connectivity index (χ2v) is 7.22. The highest BCUT2D eigenvalue weighted by atomic mass is 32.2. The van der Waals surface area contributed by atoms with Gasteiger partial charge in [0, 0.05) is 30.7 Å². The van der Waals surface area contributed by atoms with Gasteiger partial charge in [0.15, 0.2) is 5.84 Å². The molecule has 0 radical (unpaired) electrons. The number of carbonyl (C=O) groups is 2. The third-order valence-electron chi connectivity index (χ3n) is 4.32. The summed E-state index contributed by atoms with van der Waals surface area (Å²) in [7, 11) is 0. The van der Waals surface area contributed by atoms with Gasteiger partial charge in [0.2, 0.25) is 0 Å². The van der Waals surface area contributed by atoms with E-state index >= 15 is 0 Å². The number of nitrogens with zero attached hydrogens (tertiary/aromatic N) is 5. The number of phenolic OH excluding ortho intramolecular Hbond substituents is 1. The predicted octanol–water partition coefficient (Wildman–Crippen LogP) is 4.61. The summed E-state index contributed by atoms with van der Waals surface area (Å²) in [6, 6.07) is 9.95. The zero-order chi connectivity index (χ0) is 20.9. The second-order valence-electron chi connectivity index (χ2n) is 6.23. The number of rotatable bonds is 3. The zero-order valence-electron chi connectivity index (χ0n) is 15.5. The van der Waals surface area contributed by atoms with Gasteiger partial charge in [-0.15, -0.1) is 5.11 Å². The van der Waals surface area contributed by atoms with Crippen LogP contribution in [0.2, 0.25) is 0 Å². The molecule has 0 saturated heterocycles. The monoisotopic (exact) mass is 417 g/mol. The number of aromatic hydroxyl groups is 1. The molecule has 2 aliphatic heterocycles. The van der Waals surface area contributed by atoms with Gasteiger partial charge in [0.1, 0.15) is 5.75 Å². The number of phenols is 1. The number of para-hydroxylation sites is 1. The number of hydrogen-bond donors (Lipinski definition) is 1. The molecule has 1 aromatic carbocycles. The van der Waals surface area contributed by atoms with Crippen LogP contribution in [0.25, 0.3) is 0 Å². The summed E-state index contributed by atoms with van der Waals surface area (Å²) in [5.74, 6) is -0.359. The van der Waals surface area contributed by atoms with Crippen molar-refractivity contribution in [2.24, 2.45) is 15.2 Å². The Hall–Kier alpha value is -3.85. The Morgan fingerprint density at radius 2 is 1.87 bits per heavy atom. The lowest BCUT2D eigenvalue weighted by atomic mass is 9.99. The summed E-state index contributed by atoms with van der Waals surface area (Å²) < 4.78 is 0.